The van der Waals surface area contributed by atoms with Crippen molar-refractivity contribution in [2.75, 3.05) is 6.61 Å². The van der Waals surface area contributed by atoms with Crippen molar-refractivity contribution in [1.82, 2.24) is 5.32 Å². The summed E-state index contributed by atoms with van der Waals surface area (Å²) in [6.07, 6.45) is 63.5. The average Bonchev–Trinajstić information content (AvgIpc) is 3.26. The first-order valence-electron chi connectivity index (χ1n) is 25.9. The van der Waals surface area contributed by atoms with Gasteiger partial charge in [0.05, 0.1) is 25.2 Å². The number of carbonyl (C=O) groups excluding carboxylic acids is 2. The largest absolute Gasteiger partial charge is 0.462 e. The van der Waals surface area contributed by atoms with Gasteiger partial charge in [-0.3, -0.25) is 9.59 Å². The lowest BCUT2D eigenvalue weighted by Gasteiger charge is -2.24. The van der Waals surface area contributed by atoms with Gasteiger partial charge in [-0.2, -0.15) is 0 Å². The van der Waals surface area contributed by atoms with Crippen LogP contribution in [0.4, 0.5) is 0 Å². The number of unbranched alkanes of at least 4 members (excludes halogenated alkanes) is 22. The molecule has 0 aromatic carbocycles. The molecule has 0 rings (SSSR count). The monoisotopic (exact) mass is 864 g/mol. The van der Waals surface area contributed by atoms with Gasteiger partial charge in [0.1, 0.15) is 6.10 Å². The van der Waals surface area contributed by atoms with Crippen LogP contribution < -0.4 is 5.32 Å². The highest BCUT2D eigenvalue weighted by Crippen LogP contribution is 2.17. The van der Waals surface area contributed by atoms with Crippen LogP contribution >= 0.6 is 0 Å². The van der Waals surface area contributed by atoms with Crippen LogP contribution in [-0.2, 0) is 14.3 Å². The molecule has 1 amide bonds. The van der Waals surface area contributed by atoms with E-state index in [9.17, 15) is 19.8 Å². The molecule has 0 aromatic rings. The van der Waals surface area contributed by atoms with Gasteiger partial charge < -0.3 is 20.3 Å². The molecule has 0 fully saturated rings. The summed E-state index contributed by atoms with van der Waals surface area (Å²) >= 11 is 0. The third-order valence-electron chi connectivity index (χ3n) is 11.3. The maximum Gasteiger partial charge on any atom is 0.306 e. The van der Waals surface area contributed by atoms with Crippen molar-refractivity contribution in [2.24, 2.45) is 0 Å². The Hall–Kier alpha value is -2.96. The van der Waals surface area contributed by atoms with E-state index < -0.39 is 18.2 Å². The molecule has 6 nitrogen and oxygen atoms in total. The molecule has 0 bridgehead atoms. The molecule has 356 valence electrons. The summed E-state index contributed by atoms with van der Waals surface area (Å²) in [5.74, 6) is -0.542. The van der Waals surface area contributed by atoms with Crippen molar-refractivity contribution in [2.45, 2.75) is 251 Å². The molecule has 0 aromatic heterocycles. The van der Waals surface area contributed by atoms with Gasteiger partial charge in [-0.25, -0.2) is 0 Å². The van der Waals surface area contributed by atoms with Gasteiger partial charge in [0.25, 0.3) is 0 Å². The molecule has 62 heavy (non-hydrogen) atoms. The number of ether oxygens (including phenoxy) is 1. The molecule has 0 radical (unpaired) electrons. The maximum absolute atomic E-state index is 13.2. The molecular formula is C56H97NO5. The fraction of sp³-hybridized carbons (Fsp3) is 0.714. The molecule has 3 atom stereocenters. The standard InChI is InChI=1S/C56H97NO5/c1-4-7-10-13-16-19-22-25-27-30-32-35-38-41-44-47-52(62-56(61)49-46-43-40-37-34-31-28-26-23-20-17-14-11-8-5-2)50-55(60)57-53(51-58)54(59)48-45-42-39-36-33-29-24-21-18-15-12-9-6-3/h8,11,14,16-17,19-20,23,25-28,32,35,52-54,58-59H,4-7,9-10,12-13,15,18,21-22,24,29-31,33-34,36-51H2,1-3H3,(H,57,60)/b11-8+,17-14+,19-16-,23-20+,27-25-,28-26-,35-32-. The zero-order chi connectivity index (χ0) is 45.2. The van der Waals surface area contributed by atoms with Gasteiger partial charge in [-0.1, -0.05) is 221 Å². The van der Waals surface area contributed by atoms with Crippen LogP contribution in [0, 0.1) is 0 Å². The molecule has 0 aliphatic carbocycles. The van der Waals surface area contributed by atoms with Gasteiger partial charge in [0.2, 0.25) is 5.91 Å². The second-order valence-corrected chi connectivity index (χ2v) is 17.3. The predicted octanol–water partition coefficient (Wildman–Crippen LogP) is 15.6. The van der Waals surface area contributed by atoms with Crippen LogP contribution in [0.5, 0.6) is 0 Å². The highest BCUT2D eigenvalue weighted by atomic mass is 16.5. The number of aliphatic hydroxyl groups is 2. The minimum atomic E-state index is -0.806. The third kappa shape index (κ3) is 43.7. The predicted molar refractivity (Wildman–Crippen MR) is 268 cm³/mol. The van der Waals surface area contributed by atoms with E-state index in [2.05, 4.69) is 92.9 Å². The Morgan fingerprint density at radius 3 is 1.52 bits per heavy atom. The first-order chi connectivity index (χ1) is 30.5. The van der Waals surface area contributed by atoms with Crippen molar-refractivity contribution in [3.63, 3.8) is 0 Å². The summed E-state index contributed by atoms with van der Waals surface area (Å²) < 4.78 is 5.91. The van der Waals surface area contributed by atoms with Crippen LogP contribution in [0.25, 0.3) is 0 Å². The molecule has 0 aliphatic heterocycles. The van der Waals surface area contributed by atoms with E-state index >= 15 is 0 Å². The van der Waals surface area contributed by atoms with Gasteiger partial charge in [0.15, 0.2) is 0 Å². The van der Waals surface area contributed by atoms with Crippen LogP contribution in [0.1, 0.15) is 233 Å². The number of aliphatic hydroxyl groups excluding tert-OH is 2. The highest BCUT2D eigenvalue weighted by Gasteiger charge is 2.24. The zero-order valence-corrected chi connectivity index (χ0v) is 40.5. The summed E-state index contributed by atoms with van der Waals surface area (Å²) in [4.78, 5) is 26.1. The molecule has 0 saturated carbocycles. The number of rotatable bonds is 45. The Kier molecular flexibility index (Phi) is 46.7. The van der Waals surface area contributed by atoms with Gasteiger partial charge >= 0.3 is 5.97 Å². The lowest BCUT2D eigenvalue weighted by Crippen LogP contribution is -2.46. The first-order valence-corrected chi connectivity index (χ1v) is 25.9. The molecule has 0 heterocycles. The van der Waals surface area contributed by atoms with Crippen molar-refractivity contribution in [3.8, 4) is 0 Å². The van der Waals surface area contributed by atoms with Crippen molar-refractivity contribution >= 4 is 11.9 Å². The van der Waals surface area contributed by atoms with Crippen LogP contribution in [0.2, 0.25) is 0 Å². The third-order valence-corrected chi connectivity index (χ3v) is 11.3. The normalized spacial score (nSPS) is 14.0. The fourth-order valence-corrected chi connectivity index (χ4v) is 7.39. The molecule has 0 saturated heterocycles. The summed E-state index contributed by atoms with van der Waals surface area (Å²) in [6, 6.07) is -0.723. The first kappa shape index (κ1) is 59.0. The molecule has 0 spiro atoms. The van der Waals surface area contributed by atoms with E-state index in [1.165, 1.54) is 89.9 Å². The molecule has 3 unspecified atom stereocenters. The van der Waals surface area contributed by atoms with Crippen LogP contribution in [-0.4, -0.2) is 46.9 Å². The Bertz CT molecular complexity index is 1200. The summed E-state index contributed by atoms with van der Waals surface area (Å²) in [6.45, 7) is 6.30. The zero-order valence-electron chi connectivity index (χ0n) is 40.5. The van der Waals surface area contributed by atoms with Crippen molar-refractivity contribution in [1.29, 1.82) is 0 Å². The summed E-state index contributed by atoms with van der Waals surface area (Å²) in [5, 5.41) is 23.8. The number of allylic oxidation sites excluding steroid dienone is 14. The van der Waals surface area contributed by atoms with Crippen LogP contribution in [0.3, 0.4) is 0 Å². The van der Waals surface area contributed by atoms with Gasteiger partial charge in [-0.05, 0) is 83.5 Å². The molecular weight excluding hydrogens is 767 g/mol. The van der Waals surface area contributed by atoms with E-state index in [4.69, 9.17) is 4.74 Å². The summed E-state index contributed by atoms with van der Waals surface area (Å²) in [5.41, 5.74) is 0. The average molecular weight is 864 g/mol. The van der Waals surface area contributed by atoms with E-state index in [1.54, 1.807) is 0 Å². The fourth-order valence-electron chi connectivity index (χ4n) is 7.39. The number of carbonyl (C=O) groups is 2. The minimum absolute atomic E-state index is 0.0380. The smallest absolute Gasteiger partial charge is 0.306 e. The number of nitrogens with one attached hydrogen (secondary N) is 1. The van der Waals surface area contributed by atoms with Gasteiger partial charge in [0, 0.05) is 6.42 Å². The van der Waals surface area contributed by atoms with Crippen molar-refractivity contribution < 1.29 is 24.5 Å². The molecule has 0 aliphatic rings. The number of hydrogen-bond donors (Lipinski definition) is 3. The van der Waals surface area contributed by atoms with Gasteiger partial charge in [-0.15, -0.1) is 0 Å². The maximum atomic E-state index is 13.2. The number of amides is 1. The number of hydrogen-bond acceptors (Lipinski definition) is 5. The lowest BCUT2D eigenvalue weighted by molar-refractivity contribution is -0.151. The van der Waals surface area contributed by atoms with Crippen LogP contribution in [0.15, 0.2) is 85.1 Å². The summed E-state index contributed by atoms with van der Waals surface area (Å²) in [7, 11) is 0. The SMILES string of the molecule is CC/C=C/C=C/C=C/C=C\CCCCCCCC(=O)OC(CCCC/C=C\C/C=C\C/C=C\CCCCC)CC(=O)NC(CO)C(O)CCCCCCCCCCCCCCC. The second-order valence-electron chi connectivity index (χ2n) is 17.3. The Labute approximate surface area is 383 Å². The Balaban J connectivity index is 4.71. The minimum Gasteiger partial charge on any atom is -0.462 e. The Morgan fingerprint density at radius 1 is 0.500 bits per heavy atom. The number of esters is 1. The van der Waals surface area contributed by atoms with E-state index in [0.29, 0.717) is 19.3 Å². The lowest BCUT2D eigenvalue weighted by atomic mass is 10.0. The quantitative estimate of drug-likeness (QED) is 0.0245. The van der Waals surface area contributed by atoms with E-state index in [-0.39, 0.29) is 24.9 Å². The van der Waals surface area contributed by atoms with E-state index in [0.717, 1.165) is 96.3 Å². The second kappa shape index (κ2) is 49.1. The Morgan fingerprint density at radius 2 is 0.935 bits per heavy atom. The van der Waals surface area contributed by atoms with E-state index in [1.807, 2.05) is 18.2 Å². The van der Waals surface area contributed by atoms with Crippen molar-refractivity contribution in [3.05, 3.63) is 85.1 Å². The topological polar surface area (TPSA) is 95.9 Å². The molecule has 3 N–H and O–H groups in total. The highest BCUT2D eigenvalue weighted by molar-refractivity contribution is 5.77. The molecule has 6 heteroatoms.